The van der Waals surface area contributed by atoms with Gasteiger partial charge < -0.3 is 0 Å². The minimum atomic E-state index is -3.88. The maximum absolute atomic E-state index is 12.6. The number of hydrogen-bond donors (Lipinski definition) is 2. The molecule has 6 nitrogen and oxygen atoms in total. The van der Waals surface area contributed by atoms with Crippen molar-refractivity contribution in [2.45, 2.75) is 4.90 Å². The normalized spacial score (nSPS) is 11.6. The zero-order valence-corrected chi connectivity index (χ0v) is 17.3. The number of carbonyl (C=O) groups excluding carboxylic acids is 1. The Morgan fingerprint density at radius 1 is 0.900 bits per heavy atom. The second-order valence-electron chi connectivity index (χ2n) is 6.09. The van der Waals surface area contributed by atoms with Crippen LogP contribution < -0.4 is 10.1 Å². The molecule has 0 aromatic heterocycles. The van der Waals surface area contributed by atoms with Crippen molar-refractivity contribution in [2.24, 2.45) is 5.10 Å². The maximum Gasteiger partial charge on any atom is 0.273 e. The molecule has 0 bridgehead atoms. The number of sulfonamides is 1. The fraction of sp³-hybridized carbons (Fsp3) is 0. The van der Waals surface area contributed by atoms with Gasteiger partial charge in [0, 0.05) is 11.2 Å². The highest BCUT2D eigenvalue weighted by Gasteiger charge is 2.18. The minimum absolute atomic E-state index is 0.0335. The lowest BCUT2D eigenvalue weighted by Crippen LogP contribution is -2.21. The van der Waals surface area contributed by atoms with Gasteiger partial charge in [-0.1, -0.05) is 60.1 Å². The van der Waals surface area contributed by atoms with E-state index in [4.69, 9.17) is 11.6 Å². The summed E-state index contributed by atoms with van der Waals surface area (Å²) in [6.07, 6.45) is 4.96. The van der Waals surface area contributed by atoms with Crippen LogP contribution >= 0.6 is 11.6 Å². The highest BCUT2D eigenvalue weighted by atomic mass is 35.5. The van der Waals surface area contributed by atoms with Crippen LogP contribution in [0.25, 0.3) is 6.08 Å². The van der Waals surface area contributed by atoms with Gasteiger partial charge in [-0.05, 0) is 48.0 Å². The Morgan fingerprint density at radius 2 is 1.57 bits per heavy atom. The minimum Gasteiger partial charge on any atom is -0.279 e. The molecule has 30 heavy (non-hydrogen) atoms. The number of nitrogens with zero attached hydrogens (tertiary/aromatic N) is 1. The van der Waals surface area contributed by atoms with Crippen LogP contribution in [0.5, 0.6) is 0 Å². The first-order valence-electron chi connectivity index (χ1n) is 8.88. The smallest absolute Gasteiger partial charge is 0.273 e. The summed E-state index contributed by atoms with van der Waals surface area (Å²) in [6.45, 7) is 0. The molecule has 0 unspecified atom stereocenters. The summed E-state index contributed by atoms with van der Waals surface area (Å²) >= 11 is 5.81. The first kappa shape index (κ1) is 21.3. The van der Waals surface area contributed by atoms with Gasteiger partial charge in [-0.25, -0.2) is 13.8 Å². The van der Waals surface area contributed by atoms with E-state index in [9.17, 15) is 13.2 Å². The zero-order valence-electron chi connectivity index (χ0n) is 15.7. The van der Waals surface area contributed by atoms with Gasteiger partial charge in [0.25, 0.3) is 15.9 Å². The van der Waals surface area contributed by atoms with Gasteiger partial charge in [-0.3, -0.25) is 9.52 Å². The lowest BCUT2D eigenvalue weighted by Gasteiger charge is -2.11. The number of halogens is 1. The average Bonchev–Trinajstić information content (AvgIpc) is 2.74. The lowest BCUT2D eigenvalue weighted by atomic mass is 10.2. The Labute approximate surface area is 180 Å². The van der Waals surface area contributed by atoms with Crippen LogP contribution in [0.1, 0.15) is 15.9 Å². The Balaban J connectivity index is 1.69. The van der Waals surface area contributed by atoms with Gasteiger partial charge in [0.15, 0.2) is 0 Å². The molecular weight excluding hydrogens is 422 g/mol. The molecule has 0 spiro atoms. The van der Waals surface area contributed by atoms with Crippen LogP contribution in [-0.4, -0.2) is 20.5 Å². The Kier molecular flexibility index (Phi) is 7.00. The fourth-order valence-corrected chi connectivity index (χ4v) is 3.71. The van der Waals surface area contributed by atoms with Gasteiger partial charge in [0.2, 0.25) is 0 Å². The van der Waals surface area contributed by atoms with E-state index in [1.165, 1.54) is 42.6 Å². The van der Waals surface area contributed by atoms with Crippen LogP contribution in [0, 0.1) is 0 Å². The van der Waals surface area contributed by atoms with Crippen LogP contribution in [0.3, 0.4) is 0 Å². The first-order valence-corrected chi connectivity index (χ1v) is 10.7. The molecular formula is C22H18ClN3O3S. The molecule has 0 heterocycles. The average molecular weight is 440 g/mol. The summed E-state index contributed by atoms with van der Waals surface area (Å²) in [7, 11) is -3.88. The maximum atomic E-state index is 12.6. The standard InChI is InChI=1S/C22H18ClN3O3S/c23-18-12-14-19(15-13-18)30(28,29)26-21-11-5-4-10-20(21)22(27)25-24-16-6-9-17-7-2-1-3-8-17/h1-16,26H,(H,25,27)/b9-6+,24-16+. The summed E-state index contributed by atoms with van der Waals surface area (Å²) in [6, 6.07) is 21.6. The van der Waals surface area contributed by atoms with E-state index in [1.807, 2.05) is 36.4 Å². The van der Waals surface area contributed by atoms with Crippen LogP contribution in [0.4, 0.5) is 5.69 Å². The van der Waals surface area contributed by atoms with E-state index in [-0.39, 0.29) is 16.1 Å². The van der Waals surface area contributed by atoms with Crippen molar-refractivity contribution < 1.29 is 13.2 Å². The number of anilines is 1. The Hall–Kier alpha value is -3.42. The number of nitrogens with one attached hydrogen (secondary N) is 2. The number of allylic oxidation sites excluding steroid dienone is 1. The molecule has 0 saturated carbocycles. The van der Waals surface area contributed by atoms with Gasteiger partial charge in [-0.15, -0.1) is 0 Å². The van der Waals surface area contributed by atoms with E-state index in [0.29, 0.717) is 5.02 Å². The predicted molar refractivity (Wildman–Crippen MR) is 120 cm³/mol. The quantitative estimate of drug-likeness (QED) is 0.417. The van der Waals surface area contributed by atoms with Gasteiger partial charge in [-0.2, -0.15) is 5.10 Å². The molecule has 0 radical (unpaired) electrons. The molecule has 0 aliphatic heterocycles. The summed E-state index contributed by atoms with van der Waals surface area (Å²) in [5, 5.41) is 4.29. The summed E-state index contributed by atoms with van der Waals surface area (Å²) in [5.41, 5.74) is 3.66. The van der Waals surface area contributed by atoms with E-state index >= 15 is 0 Å². The molecule has 152 valence electrons. The van der Waals surface area contributed by atoms with Crippen LogP contribution in [0.15, 0.2) is 94.9 Å². The number of para-hydroxylation sites is 1. The van der Waals surface area contributed by atoms with Gasteiger partial charge in [0.1, 0.15) is 0 Å². The number of benzene rings is 3. The molecule has 1 amide bonds. The number of rotatable bonds is 7. The molecule has 0 fully saturated rings. The molecule has 3 aromatic carbocycles. The molecule has 8 heteroatoms. The molecule has 3 rings (SSSR count). The summed E-state index contributed by atoms with van der Waals surface area (Å²) in [4.78, 5) is 12.5. The zero-order chi connectivity index (χ0) is 21.4. The van der Waals surface area contributed by atoms with Crippen molar-refractivity contribution in [2.75, 3.05) is 4.72 Å². The predicted octanol–water partition coefficient (Wildman–Crippen LogP) is 4.57. The molecule has 0 aliphatic rings. The number of hydrogen-bond acceptors (Lipinski definition) is 4. The van der Waals surface area contributed by atoms with Crippen LogP contribution in [0.2, 0.25) is 5.02 Å². The van der Waals surface area contributed by atoms with Crippen molar-refractivity contribution in [3.8, 4) is 0 Å². The molecule has 3 aromatic rings. The molecule has 0 saturated heterocycles. The monoisotopic (exact) mass is 439 g/mol. The van der Waals surface area contributed by atoms with E-state index in [1.54, 1.807) is 18.2 Å². The number of carbonyl (C=O) groups is 1. The van der Waals surface area contributed by atoms with E-state index in [2.05, 4.69) is 15.2 Å². The topological polar surface area (TPSA) is 87.6 Å². The van der Waals surface area contributed by atoms with Crippen molar-refractivity contribution in [3.63, 3.8) is 0 Å². The van der Waals surface area contributed by atoms with Crippen molar-refractivity contribution in [1.82, 2.24) is 5.43 Å². The SMILES string of the molecule is O=C(N/N=C/C=C/c1ccccc1)c1ccccc1NS(=O)(=O)c1ccc(Cl)cc1. The highest BCUT2D eigenvalue weighted by molar-refractivity contribution is 7.92. The molecule has 2 N–H and O–H groups in total. The second-order valence-corrected chi connectivity index (χ2v) is 8.21. The molecule has 0 atom stereocenters. The first-order chi connectivity index (χ1) is 14.5. The van der Waals surface area contributed by atoms with Crippen LogP contribution in [-0.2, 0) is 10.0 Å². The third kappa shape index (κ3) is 5.79. The Morgan fingerprint density at radius 3 is 2.30 bits per heavy atom. The number of amides is 1. The largest absolute Gasteiger partial charge is 0.279 e. The van der Waals surface area contributed by atoms with Gasteiger partial charge >= 0.3 is 0 Å². The second kappa shape index (κ2) is 9.87. The number of hydrazone groups is 1. The fourth-order valence-electron chi connectivity index (χ4n) is 2.50. The third-order valence-electron chi connectivity index (χ3n) is 3.95. The Bertz CT molecular complexity index is 1180. The lowest BCUT2D eigenvalue weighted by molar-refractivity contribution is 0.0956. The van der Waals surface area contributed by atoms with Crippen molar-refractivity contribution in [1.29, 1.82) is 0 Å². The third-order valence-corrected chi connectivity index (χ3v) is 5.59. The highest BCUT2D eigenvalue weighted by Crippen LogP contribution is 2.21. The van der Waals surface area contributed by atoms with Crippen molar-refractivity contribution in [3.05, 3.63) is 101 Å². The van der Waals surface area contributed by atoms with Crippen molar-refractivity contribution >= 4 is 45.5 Å². The van der Waals surface area contributed by atoms with E-state index in [0.717, 1.165) is 5.56 Å². The summed E-state index contributed by atoms with van der Waals surface area (Å²) in [5.74, 6) is -0.547. The summed E-state index contributed by atoms with van der Waals surface area (Å²) < 4.78 is 27.6. The molecule has 0 aliphatic carbocycles. The van der Waals surface area contributed by atoms with E-state index < -0.39 is 15.9 Å². The van der Waals surface area contributed by atoms with Gasteiger partial charge in [0.05, 0.1) is 16.1 Å².